The highest BCUT2D eigenvalue weighted by atomic mass is 35.5. The lowest BCUT2D eigenvalue weighted by molar-refractivity contribution is 0.396. The minimum atomic E-state index is -3.25. The van der Waals surface area contributed by atoms with E-state index in [0.29, 0.717) is 6.42 Å². The van der Waals surface area contributed by atoms with Crippen molar-refractivity contribution in [2.45, 2.75) is 33.2 Å². The van der Waals surface area contributed by atoms with Crippen molar-refractivity contribution in [3.63, 3.8) is 0 Å². The summed E-state index contributed by atoms with van der Waals surface area (Å²) in [6, 6.07) is 9.17. The molecule has 0 amide bonds. The van der Waals surface area contributed by atoms with Gasteiger partial charge in [-0.25, -0.2) is 13.1 Å². The Labute approximate surface area is 128 Å². The van der Waals surface area contributed by atoms with Crippen LogP contribution in [0.25, 0.3) is 0 Å². The predicted molar refractivity (Wildman–Crippen MR) is 86.5 cm³/mol. The Morgan fingerprint density at radius 3 is 2.25 bits per heavy atom. The summed E-state index contributed by atoms with van der Waals surface area (Å²) in [6.45, 7) is 6.31. The average Bonchev–Trinajstić information content (AvgIpc) is 2.34. The molecule has 0 spiro atoms. The van der Waals surface area contributed by atoms with Crippen LogP contribution < -0.4 is 10.5 Å². The van der Waals surface area contributed by atoms with E-state index in [1.54, 1.807) is 0 Å². The zero-order valence-corrected chi connectivity index (χ0v) is 13.9. The number of benzene rings is 1. The maximum Gasteiger partial charge on any atom is 0.211 e. The molecule has 0 radical (unpaired) electrons. The van der Waals surface area contributed by atoms with Crippen LogP contribution in [0.5, 0.6) is 0 Å². The van der Waals surface area contributed by atoms with E-state index in [-0.39, 0.29) is 36.2 Å². The van der Waals surface area contributed by atoms with Gasteiger partial charge in [0.15, 0.2) is 0 Å². The molecule has 4 nitrogen and oxygen atoms in total. The molecular weight excluding hydrogens is 296 g/mol. The molecule has 0 saturated heterocycles. The first kappa shape index (κ1) is 19.4. The van der Waals surface area contributed by atoms with E-state index >= 15 is 0 Å². The SMILES string of the molecule is CC(C)(C)CCS(=O)(=O)NCC(N)c1ccccc1.Cl. The van der Waals surface area contributed by atoms with Crippen LogP contribution in [0.2, 0.25) is 0 Å². The van der Waals surface area contributed by atoms with Crippen molar-refractivity contribution >= 4 is 22.4 Å². The van der Waals surface area contributed by atoms with Crippen molar-refractivity contribution in [2.75, 3.05) is 12.3 Å². The Hall–Kier alpha value is -0.620. The third-order valence-corrected chi connectivity index (χ3v) is 4.22. The molecule has 1 atom stereocenters. The predicted octanol–water partition coefficient (Wildman–Crippen LogP) is 2.46. The summed E-state index contributed by atoms with van der Waals surface area (Å²) in [5.41, 5.74) is 6.90. The van der Waals surface area contributed by atoms with E-state index in [9.17, 15) is 8.42 Å². The van der Waals surface area contributed by atoms with Gasteiger partial charge in [-0.15, -0.1) is 12.4 Å². The summed E-state index contributed by atoms with van der Waals surface area (Å²) < 4.78 is 26.3. The van der Waals surface area contributed by atoms with Gasteiger partial charge in [0.05, 0.1) is 5.75 Å². The number of halogens is 1. The van der Waals surface area contributed by atoms with E-state index in [4.69, 9.17) is 5.73 Å². The highest BCUT2D eigenvalue weighted by Crippen LogP contribution is 2.19. The number of hydrogen-bond donors (Lipinski definition) is 2. The van der Waals surface area contributed by atoms with Gasteiger partial charge in [0.2, 0.25) is 10.0 Å². The molecule has 6 heteroatoms. The van der Waals surface area contributed by atoms with Crippen LogP contribution in [0.3, 0.4) is 0 Å². The second-order valence-corrected chi connectivity index (χ2v) is 7.92. The van der Waals surface area contributed by atoms with Crippen molar-refractivity contribution in [1.29, 1.82) is 0 Å². The molecule has 20 heavy (non-hydrogen) atoms. The number of sulfonamides is 1. The number of nitrogens with two attached hydrogens (primary N) is 1. The molecule has 3 N–H and O–H groups in total. The average molecular weight is 321 g/mol. The van der Waals surface area contributed by atoms with Crippen molar-refractivity contribution < 1.29 is 8.42 Å². The zero-order valence-electron chi connectivity index (χ0n) is 12.3. The Morgan fingerprint density at radius 2 is 1.75 bits per heavy atom. The third kappa shape index (κ3) is 7.85. The fourth-order valence-corrected chi connectivity index (χ4v) is 3.01. The number of hydrogen-bond acceptors (Lipinski definition) is 3. The molecule has 0 fully saturated rings. The van der Waals surface area contributed by atoms with Crippen molar-refractivity contribution in [3.8, 4) is 0 Å². The first-order valence-electron chi connectivity index (χ1n) is 6.47. The zero-order chi connectivity index (χ0) is 14.5. The first-order valence-corrected chi connectivity index (χ1v) is 8.13. The van der Waals surface area contributed by atoms with E-state index < -0.39 is 10.0 Å². The normalized spacial score (nSPS) is 13.6. The summed E-state index contributed by atoms with van der Waals surface area (Å²) in [5.74, 6) is 0.137. The summed E-state index contributed by atoms with van der Waals surface area (Å²) >= 11 is 0. The Bertz CT molecular complexity index is 484. The molecule has 0 aliphatic heterocycles. The van der Waals surface area contributed by atoms with Crippen LogP contribution >= 0.6 is 12.4 Å². The van der Waals surface area contributed by atoms with E-state index in [2.05, 4.69) is 4.72 Å². The summed E-state index contributed by atoms with van der Waals surface area (Å²) in [4.78, 5) is 0. The molecule has 0 bridgehead atoms. The van der Waals surface area contributed by atoms with Crippen molar-refractivity contribution in [1.82, 2.24) is 4.72 Å². The van der Waals surface area contributed by atoms with Crippen LogP contribution in [0, 0.1) is 5.41 Å². The molecule has 0 aromatic heterocycles. The topological polar surface area (TPSA) is 72.2 Å². The molecule has 0 heterocycles. The fourth-order valence-electron chi connectivity index (χ4n) is 1.55. The molecular formula is C14H25ClN2O2S. The Kier molecular flexibility index (Phi) is 7.73. The van der Waals surface area contributed by atoms with Crippen LogP contribution in [0.15, 0.2) is 30.3 Å². The highest BCUT2D eigenvalue weighted by molar-refractivity contribution is 7.89. The van der Waals surface area contributed by atoms with E-state index in [1.165, 1.54) is 0 Å². The molecule has 1 aromatic rings. The van der Waals surface area contributed by atoms with Crippen molar-refractivity contribution in [3.05, 3.63) is 35.9 Å². The number of nitrogens with one attached hydrogen (secondary N) is 1. The maximum absolute atomic E-state index is 11.8. The molecule has 0 aliphatic rings. The fraction of sp³-hybridized carbons (Fsp3) is 0.571. The third-order valence-electron chi connectivity index (χ3n) is 2.87. The van der Waals surface area contributed by atoms with Gasteiger partial charge in [0, 0.05) is 12.6 Å². The van der Waals surface area contributed by atoms with Gasteiger partial charge in [0.25, 0.3) is 0 Å². The Balaban J connectivity index is 0.00000361. The quantitative estimate of drug-likeness (QED) is 0.845. The maximum atomic E-state index is 11.8. The van der Waals surface area contributed by atoms with E-state index in [1.807, 2.05) is 51.1 Å². The smallest absolute Gasteiger partial charge is 0.211 e. The molecule has 1 unspecified atom stereocenters. The summed E-state index contributed by atoms with van der Waals surface area (Å²) in [7, 11) is -3.25. The van der Waals surface area contributed by atoms with Gasteiger partial charge in [0.1, 0.15) is 0 Å². The second-order valence-electron chi connectivity index (χ2n) is 6.00. The lowest BCUT2D eigenvalue weighted by atomic mass is 9.94. The molecule has 0 aliphatic carbocycles. The van der Waals surface area contributed by atoms with Crippen molar-refractivity contribution in [2.24, 2.45) is 11.1 Å². The molecule has 0 saturated carbocycles. The highest BCUT2D eigenvalue weighted by Gasteiger charge is 2.18. The van der Waals surface area contributed by atoms with Crippen LogP contribution in [0.1, 0.15) is 38.8 Å². The monoisotopic (exact) mass is 320 g/mol. The Morgan fingerprint density at radius 1 is 1.20 bits per heavy atom. The van der Waals surface area contributed by atoms with Gasteiger partial charge in [-0.05, 0) is 17.4 Å². The number of rotatable bonds is 6. The standard InChI is InChI=1S/C14H24N2O2S.ClH/c1-14(2,3)9-10-19(17,18)16-11-13(15)12-7-5-4-6-8-12;/h4-8,13,16H,9-11,15H2,1-3H3;1H. The molecule has 1 rings (SSSR count). The van der Waals surface area contributed by atoms with Gasteiger partial charge in [-0.2, -0.15) is 0 Å². The molecule has 1 aromatic carbocycles. The second kappa shape index (κ2) is 7.98. The van der Waals surface area contributed by atoms with Gasteiger partial charge < -0.3 is 5.73 Å². The summed E-state index contributed by atoms with van der Waals surface area (Å²) in [5, 5.41) is 0. The first-order chi connectivity index (χ1) is 8.70. The minimum Gasteiger partial charge on any atom is -0.323 e. The van der Waals surface area contributed by atoms with Crippen LogP contribution in [0.4, 0.5) is 0 Å². The van der Waals surface area contributed by atoms with Gasteiger partial charge in [-0.3, -0.25) is 0 Å². The van der Waals surface area contributed by atoms with Crippen LogP contribution in [-0.2, 0) is 10.0 Å². The minimum absolute atomic E-state index is 0. The van der Waals surface area contributed by atoms with Crippen LogP contribution in [-0.4, -0.2) is 20.7 Å². The van der Waals surface area contributed by atoms with E-state index in [0.717, 1.165) is 5.56 Å². The summed E-state index contributed by atoms with van der Waals surface area (Å²) in [6.07, 6.45) is 0.628. The molecule has 116 valence electrons. The largest absolute Gasteiger partial charge is 0.323 e. The van der Waals surface area contributed by atoms with Gasteiger partial charge >= 0.3 is 0 Å². The van der Waals surface area contributed by atoms with Gasteiger partial charge in [-0.1, -0.05) is 51.1 Å². The lowest BCUT2D eigenvalue weighted by Crippen LogP contribution is -2.34. The lowest BCUT2D eigenvalue weighted by Gasteiger charge is -2.19.